The highest BCUT2D eigenvalue weighted by Crippen LogP contribution is 2.15. The Bertz CT molecular complexity index is 678. The van der Waals surface area contributed by atoms with Crippen LogP contribution in [0.4, 0.5) is 15.7 Å². The molecule has 0 aromatic carbocycles. The Morgan fingerprint density at radius 1 is 1.29 bits per heavy atom. The summed E-state index contributed by atoms with van der Waals surface area (Å²) in [6, 6.07) is 3.77. The van der Waals surface area contributed by atoms with E-state index in [9.17, 15) is 4.79 Å². The number of anilines is 2. The van der Waals surface area contributed by atoms with Gasteiger partial charge in [0, 0.05) is 44.3 Å². The van der Waals surface area contributed by atoms with Gasteiger partial charge in [0.25, 0.3) is 0 Å². The fourth-order valence-electron chi connectivity index (χ4n) is 2.48. The number of nitrogens with zero attached hydrogens (tertiary/aromatic N) is 4. The van der Waals surface area contributed by atoms with Crippen molar-refractivity contribution in [2.45, 2.75) is 13.5 Å². The van der Waals surface area contributed by atoms with E-state index < -0.39 is 0 Å². The minimum atomic E-state index is -0.257. The van der Waals surface area contributed by atoms with Crippen LogP contribution < -0.4 is 15.5 Å². The average Bonchev–Trinajstić information content (AvgIpc) is 2.99. The number of likely N-dealkylation sites (N-methyl/N-ethyl adjacent to an activating group) is 1. The lowest BCUT2D eigenvalue weighted by Crippen LogP contribution is -2.44. The number of urea groups is 1. The zero-order chi connectivity index (χ0) is 16.9. The number of rotatable bonds is 4. The zero-order valence-electron chi connectivity index (χ0n) is 14.0. The van der Waals surface area contributed by atoms with E-state index in [4.69, 9.17) is 0 Å². The van der Waals surface area contributed by atoms with Crippen LogP contribution in [0.2, 0.25) is 0 Å². The largest absolute Gasteiger partial charge is 0.354 e. The maximum atomic E-state index is 11.9. The van der Waals surface area contributed by atoms with Gasteiger partial charge in [0.1, 0.15) is 5.82 Å². The molecule has 0 unspecified atom stereocenters. The molecule has 0 bridgehead atoms. The Kier molecular flexibility index (Phi) is 5.27. The van der Waals surface area contributed by atoms with E-state index in [1.807, 2.05) is 30.6 Å². The topological polar surface area (TPSA) is 73.4 Å². The van der Waals surface area contributed by atoms with E-state index >= 15 is 0 Å². The molecule has 1 aliphatic heterocycles. The summed E-state index contributed by atoms with van der Waals surface area (Å²) in [7, 11) is 2.14. The molecule has 0 saturated carbocycles. The molecule has 3 rings (SSSR count). The van der Waals surface area contributed by atoms with Crippen molar-refractivity contribution in [3.63, 3.8) is 0 Å². The Hall–Kier alpha value is -2.19. The lowest BCUT2D eigenvalue weighted by Gasteiger charge is -2.33. The molecule has 2 amide bonds. The van der Waals surface area contributed by atoms with Crippen LogP contribution in [-0.2, 0) is 6.54 Å². The number of hydrogen-bond donors (Lipinski definition) is 2. The number of aryl methyl sites for hydroxylation is 1. The smallest absolute Gasteiger partial charge is 0.321 e. The van der Waals surface area contributed by atoms with Crippen LogP contribution in [-0.4, -0.2) is 54.1 Å². The number of piperazine rings is 1. The van der Waals surface area contributed by atoms with Crippen molar-refractivity contribution in [1.29, 1.82) is 0 Å². The van der Waals surface area contributed by atoms with Crippen molar-refractivity contribution in [3.8, 4) is 0 Å². The first kappa shape index (κ1) is 16.7. The summed E-state index contributed by atoms with van der Waals surface area (Å²) in [4.78, 5) is 25.2. The minimum absolute atomic E-state index is 0.257. The second-order valence-electron chi connectivity index (χ2n) is 5.92. The first-order chi connectivity index (χ1) is 11.6. The van der Waals surface area contributed by atoms with E-state index in [-0.39, 0.29) is 6.03 Å². The van der Waals surface area contributed by atoms with Crippen LogP contribution >= 0.6 is 11.3 Å². The molecule has 2 aromatic rings. The monoisotopic (exact) mass is 346 g/mol. The van der Waals surface area contributed by atoms with Crippen molar-refractivity contribution in [1.82, 2.24) is 20.2 Å². The number of aromatic nitrogens is 2. The number of carbonyl (C=O) groups excluding carboxylic acids is 1. The number of carbonyl (C=O) groups is 1. The molecule has 2 N–H and O–H groups in total. The zero-order valence-corrected chi connectivity index (χ0v) is 14.8. The lowest BCUT2D eigenvalue weighted by atomic mass is 10.2. The van der Waals surface area contributed by atoms with Gasteiger partial charge in [-0.25, -0.2) is 14.8 Å². The highest BCUT2D eigenvalue weighted by Gasteiger charge is 2.15. The van der Waals surface area contributed by atoms with Gasteiger partial charge in [0.05, 0.1) is 5.69 Å². The Morgan fingerprint density at radius 3 is 2.71 bits per heavy atom. The molecule has 1 fully saturated rings. The third kappa shape index (κ3) is 4.42. The molecule has 0 aliphatic carbocycles. The average molecular weight is 346 g/mol. The summed E-state index contributed by atoms with van der Waals surface area (Å²) in [6.45, 7) is 6.44. The maximum Gasteiger partial charge on any atom is 0.321 e. The predicted octanol–water partition coefficient (Wildman–Crippen LogP) is 1.92. The molecule has 0 radical (unpaired) electrons. The molecule has 7 nitrogen and oxygen atoms in total. The molecule has 0 spiro atoms. The van der Waals surface area contributed by atoms with E-state index in [1.165, 1.54) is 11.3 Å². The number of pyridine rings is 1. The number of nitrogens with one attached hydrogen (secondary N) is 2. The van der Waals surface area contributed by atoms with Crippen LogP contribution in [0.3, 0.4) is 0 Å². The van der Waals surface area contributed by atoms with Crippen molar-refractivity contribution in [2.24, 2.45) is 0 Å². The van der Waals surface area contributed by atoms with Gasteiger partial charge in [-0.15, -0.1) is 11.3 Å². The number of hydrogen-bond acceptors (Lipinski definition) is 6. The number of thiazole rings is 1. The first-order valence-corrected chi connectivity index (χ1v) is 8.83. The molecule has 1 saturated heterocycles. The summed E-state index contributed by atoms with van der Waals surface area (Å²) in [5.74, 6) is 0.995. The second-order valence-corrected chi connectivity index (χ2v) is 6.77. The number of amides is 2. The van der Waals surface area contributed by atoms with Gasteiger partial charge in [-0.05, 0) is 25.6 Å². The Morgan fingerprint density at radius 2 is 2.08 bits per heavy atom. The van der Waals surface area contributed by atoms with Gasteiger partial charge >= 0.3 is 6.03 Å². The highest BCUT2D eigenvalue weighted by molar-refractivity contribution is 7.13. The molecule has 24 heavy (non-hydrogen) atoms. The van der Waals surface area contributed by atoms with Crippen molar-refractivity contribution >= 4 is 28.3 Å². The van der Waals surface area contributed by atoms with Crippen LogP contribution in [0.1, 0.15) is 11.3 Å². The van der Waals surface area contributed by atoms with Gasteiger partial charge in [-0.2, -0.15) is 0 Å². The summed E-state index contributed by atoms with van der Waals surface area (Å²) < 4.78 is 0. The maximum absolute atomic E-state index is 11.9. The van der Waals surface area contributed by atoms with Crippen LogP contribution in [0.15, 0.2) is 23.7 Å². The minimum Gasteiger partial charge on any atom is -0.354 e. The van der Waals surface area contributed by atoms with Crippen molar-refractivity contribution < 1.29 is 4.79 Å². The van der Waals surface area contributed by atoms with Crippen LogP contribution in [0, 0.1) is 6.92 Å². The van der Waals surface area contributed by atoms with Crippen molar-refractivity contribution in [2.75, 3.05) is 43.4 Å². The van der Waals surface area contributed by atoms with Gasteiger partial charge < -0.3 is 15.1 Å². The quantitative estimate of drug-likeness (QED) is 0.885. The standard InChI is InChI=1S/C16H22N6OS/c1-12-11-24-16(19-12)20-15(23)18-10-13-3-4-14(17-9-13)22-7-5-21(2)6-8-22/h3-4,9,11H,5-8,10H2,1-2H3,(H2,18,19,20,23). The summed E-state index contributed by atoms with van der Waals surface area (Å²) in [5.41, 5.74) is 1.87. The summed E-state index contributed by atoms with van der Waals surface area (Å²) in [5, 5.41) is 8.05. The molecule has 3 heterocycles. The molecule has 128 valence electrons. The summed E-state index contributed by atoms with van der Waals surface area (Å²) >= 11 is 1.41. The highest BCUT2D eigenvalue weighted by atomic mass is 32.1. The van der Waals surface area contributed by atoms with Gasteiger partial charge in [-0.3, -0.25) is 5.32 Å². The predicted molar refractivity (Wildman–Crippen MR) is 96.7 cm³/mol. The third-order valence-corrected chi connectivity index (χ3v) is 4.80. The van der Waals surface area contributed by atoms with E-state index in [0.29, 0.717) is 11.7 Å². The molecular weight excluding hydrogens is 324 g/mol. The van der Waals surface area contributed by atoms with Gasteiger partial charge in [-0.1, -0.05) is 6.07 Å². The fourth-order valence-corrected chi connectivity index (χ4v) is 3.16. The van der Waals surface area contributed by atoms with Gasteiger partial charge in [0.15, 0.2) is 5.13 Å². The van der Waals surface area contributed by atoms with E-state index in [0.717, 1.165) is 43.3 Å². The molecule has 1 aliphatic rings. The normalized spacial score (nSPS) is 15.3. The Labute approximate surface area is 145 Å². The van der Waals surface area contributed by atoms with E-state index in [1.54, 1.807) is 0 Å². The first-order valence-electron chi connectivity index (χ1n) is 7.95. The third-order valence-electron chi connectivity index (χ3n) is 3.93. The molecular formula is C16H22N6OS. The fraction of sp³-hybridized carbons (Fsp3) is 0.438. The molecule has 8 heteroatoms. The van der Waals surface area contributed by atoms with Crippen LogP contribution in [0.25, 0.3) is 0 Å². The molecule has 2 aromatic heterocycles. The van der Waals surface area contributed by atoms with E-state index in [2.05, 4.69) is 37.4 Å². The van der Waals surface area contributed by atoms with Crippen LogP contribution in [0.5, 0.6) is 0 Å². The summed E-state index contributed by atoms with van der Waals surface area (Å²) in [6.07, 6.45) is 1.82. The van der Waals surface area contributed by atoms with Gasteiger partial charge in [0.2, 0.25) is 0 Å². The Balaban J connectivity index is 1.48. The molecule has 0 atom stereocenters. The van der Waals surface area contributed by atoms with Crippen molar-refractivity contribution in [3.05, 3.63) is 35.0 Å². The second kappa shape index (κ2) is 7.59. The SMILES string of the molecule is Cc1csc(NC(=O)NCc2ccc(N3CCN(C)CC3)nc2)n1. The lowest BCUT2D eigenvalue weighted by molar-refractivity contribution is 0.251.